The van der Waals surface area contributed by atoms with Gasteiger partial charge >= 0.3 is 11.9 Å². The molecule has 0 spiro atoms. The van der Waals surface area contributed by atoms with Crippen molar-refractivity contribution in [2.45, 2.75) is 6.92 Å². The summed E-state index contributed by atoms with van der Waals surface area (Å²) in [6.45, 7) is 0.811. The minimum atomic E-state index is -0.742. The smallest absolute Gasteiger partial charge is 0.338 e. The van der Waals surface area contributed by atoms with E-state index in [9.17, 15) is 19.2 Å². The van der Waals surface area contributed by atoms with E-state index in [1.807, 2.05) is 0 Å². The number of hydrogen-bond acceptors (Lipinski definition) is 8. The van der Waals surface area contributed by atoms with Gasteiger partial charge in [-0.15, -0.1) is 0 Å². The first-order valence-corrected chi connectivity index (χ1v) is 8.49. The van der Waals surface area contributed by atoms with Crippen molar-refractivity contribution in [2.24, 2.45) is 0 Å². The molecule has 0 aromatic heterocycles. The fourth-order valence-electron chi connectivity index (χ4n) is 2.60. The van der Waals surface area contributed by atoms with Crippen molar-refractivity contribution in [3.8, 4) is 11.5 Å². The minimum Gasteiger partial charge on any atom is -0.465 e. The van der Waals surface area contributed by atoms with E-state index in [4.69, 9.17) is 14.2 Å². The molecule has 0 atom stereocenters. The third-order valence-electron chi connectivity index (χ3n) is 4.04. The van der Waals surface area contributed by atoms with Crippen LogP contribution in [0.4, 0.5) is 5.69 Å². The number of rotatable bonds is 6. The quantitative estimate of drug-likeness (QED) is 0.580. The molecule has 0 bridgehead atoms. The molecule has 29 heavy (non-hydrogen) atoms. The second kappa shape index (κ2) is 8.42. The van der Waals surface area contributed by atoms with Gasteiger partial charge in [0.1, 0.15) is 0 Å². The Kier molecular flexibility index (Phi) is 5.77. The van der Waals surface area contributed by atoms with E-state index < -0.39 is 24.5 Å². The average Bonchev–Trinajstić information content (AvgIpc) is 3.18. The van der Waals surface area contributed by atoms with Crippen LogP contribution in [0.3, 0.4) is 0 Å². The van der Waals surface area contributed by atoms with E-state index in [-0.39, 0.29) is 35.0 Å². The Morgan fingerprint density at radius 2 is 1.55 bits per heavy atom. The second-order valence-electron chi connectivity index (χ2n) is 6.00. The summed E-state index contributed by atoms with van der Waals surface area (Å²) in [6.07, 6.45) is 0. The number of ketones is 1. The molecule has 0 fully saturated rings. The lowest BCUT2D eigenvalue weighted by Gasteiger charge is -2.11. The largest absolute Gasteiger partial charge is 0.465 e. The highest BCUT2D eigenvalue weighted by Crippen LogP contribution is 2.37. The molecule has 0 aliphatic carbocycles. The van der Waals surface area contributed by atoms with Gasteiger partial charge in [-0.1, -0.05) is 0 Å². The van der Waals surface area contributed by atoms with Gasteiger partial charge < -0.3 is 24.3 Å². The predicted octanol–water partition coefficient (Wildman–Crippen LogP) is 2.20. The van der Waals surface area contributed by atoms with Crippen molar-refractivity contribution in [3.05, 3.63) is 53.1 Å². The number of carbonyl (C=O) groups is 4. The van der Waals surface area contributed by atoms with E-state index >= 15 is 0 Å². The highest BCUT2D eigenvalue weighted by atomic mass is 16.7. The van der Waals surface area contributed by atoms with Crippen LogP contribution < -0.4 is 14.8 Å². The predicted molar refractivity (Wildman–Crippen MR) is 99.3 cm³/mol. The first kappa shape index (κ1) is 19.9. The highest BCUT2D eigenvalue weighted by molar-refractivity contribution is 6.05. The third-order valence-corrected chi connectivity index (χ3v) is 4.04. The molecule has 0 radical (unpaired) electrons. The van der Waals surface area contributed by atoms with Crippen LogP contribution in [-0.4, -0.2) is 44.1 Å². The minimum absolute atomic E-state index is 0.0243. The Bertz CT molecular complexity index is 981. The number of anilines is 1. The van der Waals surface area contributed by atoms with Crippen molar-refractivity contribution in [3.63, 3.8) is 0 Å². The molecule has 1 N–H and O–H groups in total. The van der Waals surface area contributed by atoms with Crippen LogP contribution >= 0.6 is 0 Å². The van der Waals surface area contributed by atoms with E-state index in [1.54, 1.807) is 0 Å². The SMILES string of the molecule is COC(=O)c1ccc(C(=O)OCC(=O)Nc2cc3c(cc2C(C)=O)OCO3)cc1. The topological polar surface area (TPSA) is 117 Å². The highest BCUT2D eigenvalue weighted by Gasteiger charge is 2.21. The maximum atomic E-state index is 12.2. The number of benzene rings is 2. The molecule has 1 aliphatic rings. The zero-order chi connectivity index (χ0) is 21.0. The number of fused-ring (bicyclic) bond motifs is 1. The van der Waals surface area contributed by atoms with E-state index in [0.29, 0.717) is 11.5 Å². The van der Waals surface area contributed by atoms with Crippen molar-refractivity contribution in [2.75, 3.05) is 25.8 Å². The first-order valence-electron chi connectivity index (χ1n) is 8.49. The molecule has 2 aromatic carbocycles. The van der Waals surface area contributed by atoms with Gasteiger partial charge in [0.15, 0.2) is 23.9 Å². The summed E-state index contributed by atoms with van der Waals surface area (Å²) in [7, 11) is 1.25. The van der Waals surface area contributed by atoms with Crippen LogP contribution in [0, 0.1) is 0 Å². The van der Waals surface area contributed by atoms with Crippen molar-refractivity contribution in [1.82, 2.24) is 0 Å². The average molecular weight is 399 g/mol. The van der Waals surface area contributed by atoms with Crippen LogP contribution in [0.15, 0.2) is 36.4 Å². The van der Waals surface area contributed by atoms with E-state index in [1.165, 1.54) is 50.4 Å². The number of carbonyl (C=O) groups excluding carboxylic acids is 4. The maximum Gasteiger partial charge on any atom is 0.338 e. The van der Waals surface area contributed by atoms with Gasteiger partial charge in [0, 0.05) is 11.6 Å². The standard InChI is InChI=1S/C20H17NO8/c1-11(22)14-7-16-17(29-10-28-16)8-15(14)21-18(23)9-27-20(25)13-5-3-12(4-6-13)19(24)26-2/h3-8H,9-10H2,1-2H3,(H,21,23). The Hall–Kier alpha value is -3.88. The van der Waals surface area contributed by atoms with Crippen LogP contribution in [0.5, 0.6) is 11.5 Å². The fourth-order valence-corrected chi connectivity index (χ4v) is 2.60. The Labute approximate surface area is 165 Å². The Morgan fingerprint density at radius 3 is 2.14 bits per heavy atom. The zero-order valence-electron chi connectivity index (χ0n) is 15.6. The molecule has 9 nitrogen and oxygen atoms in total. The lowest BCUT2D eigenvalue weighted by molar-refractivity contribution is -0.119. The van der Waals surface area contributed by atoms with Gasteiger partial charge in [-0.3, -0.25) is 9.59 Å². The summed E-state index contributed by atoms with van der Waals surface area (Å²) in [4.78, 5) is 47.5. The van der Waals surface area contributed by atoms with Crippen LogP contribution in [0.2, 0.25) is 0 Å². The second-order valence-corrected chi connectivity index (χ2v) is 6.00. The molecule has 9 heteroatoms. The van der Waals surface area contributed by atoms with Crippen molar-refractivity contribution >= 4 is 29.3 Å². The lowest BCUT2D eigenvalue weighted by Crippen LogP contribution is -2.22. The number of nitrogens with one attached hydrogen (secondary N) is 1. The molecule has 0 saturated heterocycles. The number of amides is 1. The monoisotopic (exact) mass is 399 g/mol. The zero-order valence-corrected chi connectivity index (χ0v) is 15.6. The molecule has 3 rings (SSSR count). The molecule has 2 aromatic rings. The van der Waals surface area contributed by atoms with Gasteiger partial charge in [0.05, 0.1) is 23.9 Å². The Balaban J connectivity index is 1.62. The van der Waals surface area contributed by atoms with Crippen LogP contribution in [-0.2, 0) is 14.3 Å². The summed E-state index contributed by atoms with van der Waals surface area (Å²) in [5.41, 5.74) is 0.914. The molecule has 0 saturated carbocycles. The van der Waals surface area contributed by atoms with E-state index in [0.717, 1.165) is 0 Å². The van der Waals surface area contributed by atoms with Crippen molar-refractivity contribution < 1.29 is 38.1 Å². The molecule has 150 valence electrons. The molecule has 1 heterocycles. The number of Topliss-reactive ketones (excluding diaryl/α,β-unsaturated/α-hetero) is 1. The number of methoxy groups -OCH3 is 1. The van der Waals surface area contributed by atoms with Gasteiger partial charge in [-0.25, -0.2) is 9.59 Å². The molecular formula is C20H17NO8. The molecule has 1 amide bonds. The number of ether oxygens (including phenoxy) is 4. The normalized spacial score (nSPS) is 11.5. The third kappa shape index (κ3) is 4.52. The summed E-state index contributed by atoms with van der Waals surface area (Å²) in [5, 5.41) is 2.53. The Morgan fingerprint density at radius 1 is 0.966 bits per heavy atom. The fraction of sp³-hybridized carbons (Fsp3) is 0.200. The van der Waals surface area contributed by atoms with Crippen molar-refractivity contribution in [1.29, 1.82) is 0 Å². The summed E-state index contributed by atoms with van der Waals surface area (Å²) >= 11 is 0. The summed E-state index contributed by atoms with van der Waals surface area (Å²) in [5.74, 6) is -1.38. The van der Waals surface area contributed by atoms with Gasteiger partial charge in [0.2, 0.25) is 6.79 Å². The van der Waals surface area contributed by atoms with E-state index in [2.05, 4.69) is 10.1 Å². The van der Waals surface area contributed by atoms with Gasteiger partial charge in [0.25, 0.3) is 5.91 Å². The summed E-state index contributed by atoms with van der Waals surface area (Å²) < 4.78 is 20.0. The van der Waals surface area contributed by atoms with Crippen LogP contribution in [0.1, 0.15) is 38.0 Å². The molecule has 1 aliphatic heterocycles. The maximum absolute atomic E-state index is 12.2. The van der Waals surface area contributed by atoms with Gasteiger partial charge in [-0.2, -0.15) is 0 Å². The number of hydrogen-bond donors (Lipinski definition) is 1. The lowest BCUT2D eigenvalue weighted by atomic mass is 10.1. The van der Waals surface area contributed by atoms with Gasteiger partial charge in [-0.05, 0) is 37.3 Å². The molecule has 0 unspecified atom stereocenters. The first-order chi connectivity index (χ1) is 13.9. The summed E-state index contributed by atoms with van der Waals surface area (Å²) in [6, 6.07) is 8.55. The van der Waals surface area contributed by atoms with Crippen LogP contribution in [0.25, 0.3) is 0 Å². The molecular weight excluding hydrogens is 382 g/mol. The number of esters is 2.